The van der Waals surface area contributed by atoms with Crippen molar-refractivity contribution in [2.45, 2.75) is 25.7 Å². The number of fused-ring (bicyclic) bond motifs is 1. The monoisotopic (exact) mass is 235 g/mol. The number of likely N-dealkylation sites (tertiary alicyclic amines) is 1. The maximum Gasteiger partial charge on any atom is 0.233 e. The van der Waals surface area contributed by atoms with E-state index in [1.165, 1.54) is 4.90 Å². The Labute approximate surface area is 100 Å². The highest BCUT2D eigenvalue weighted by Gasteiger charge is 2.52. The zero-order chi connectivity index (χ0) is 12.0. The summed E-state index contributed by atoms with van der Waals surface area (Å²) < 4.78 is 0. The molecule has 2 atom stereocenters. The van der Waals surface area contributed by atoms with Crippen LogP contribution in [-0.4, -0.2) is 35.0 Å². The van der Waals surface area contributed by atoms with Crippen LogP contribution in [0.2, 0.25) is 0 Å². The van der Waals surface area contributed by atoms with Gasteiger partial charge in [-0.2, -0.15) is 0 Å². The number of nitrogens with zero attached hydrogens (tertiary/aromatic N) is 1. The molecule has 1 saturated heterocycles. The Balaban J connectivity index is 1.78. The molecule has 0 aromatic rings. The van der Waals surface area contributed by atoms with E-state index in [9.17, 15) is 14.7 Å². The van der Waals surface area contributed by atoms with Gasteiger partial charge in [0, 0.05) is 12.0 Å². The van der Waals surface area contributed by atoms with Gasteiger partial charge in [-0.3, -0.25) is 14.5 Å². The highest BCUT2D eigenvalue weighted by molar-refractivity contribution is 6.05. The predicted molar refractivity (Wildman–Crippen MR) is 60.8 cm³/mol. The van der Waals surface area contributed by atoms with Crippen LogP contribution in [0.5, 0.6) is 0 Å². The van der Waals surface area contributed by atoms with E-state index in [4.69, 9.17) is 0 Å². The van der Waals surface area contributed by atoms with Crippen molar-refractivity contribution in [3.8, 4) is 0 Å². The van der Waals surface area contributed by atoms with Crippen LogP contribution in [0.3, 0.4) is 0 Å². The van der Waals surface area contributed by atoms with Crippen molar-refractivity contribution in [1.82, 2.24) is 4.90 Å². The third-order valence-corrected chi connectivity index (χ3v) is 4.38. The van der Waals surface area contributed by atoms with Crippen molar-refractivity contribution in [2.24, 2.45) is 17.3 Å². The molecule has 1 saturated carbocycles. The predicted octanol–water partition coefficient (Wildman–Crippen LogP) is 0.710. The Kier molecular flexibility index (Phi) is 2.36. The molecule has 0 bridgehead atoms. The number of carbonyl (C=O) groups is 2. The Bertz CT molecular complexity index is 371. The molecule has 2 fully saturated rings. The number of carbonyl (C=O) groups excluding carboxylic acids is 2. The van der Waals surface area contributed by atoms with Gasteiger partial charge in [-0.1, -0.05) is 12.2 Å². The summed E-state index contributed by atoms with van der Waals surface area (Å²) in [6.07, 6.45) is 7.22. The summed E-state index contributed by atoms with van der Waals surface area (Å²) in [5.41, 5.74) is -0.174. The number of imide groups is 1. The number of rotatable bonds is 3. The van der Waals surface area contributed by atoms with Crippen molar-refractivity contribution in [3.05, 3.63) is 12.2 Å². The highest BCUT2D eigenvalue weighted by atomic mass is 16.3. The smallest absolute Gasteiger partial charge is 0.233 e. The molecule has 3 aliphatic rings. The van der Waals surface area contributed by atoms with E-state index in [0.29, 0.717) is 19.4 Å². The van der Waals surface area contributed by atoms with Gasteiger partial charge in [-0.15, -0.1) is 0 Å². The third kappa shape index (κ3) is 1.62. The first-order valence-corrected chi connectivity index (χ1v) is 6.28. The summed E-state index contributed by atoms with van der Waals surface area (Å²) >= 11 is 0. The van der Waals surface area contributed by atoms with Crippen LogP contribution in [-0.2, 0) is 9.59 Å². The van der Waals surface area contributed by atoms with Gasteiger partial charge in [0.25, 0.3) is 0 Å². The van der Waals surface area contributed by atoms with Gasteiger partial charge in [-0.25, -0.2) is 0 Å². The molecule has 0 unspecified atom stereocenters. The number of allylic oxidation sites excluding steroid dienone is 2. The van der Waals surface area contributed by atoms with Crippen molar-refractivity contribution in [2.75, 3.05) is 13.2 Å². The van der Waals surface area contributed by atoms with Gasteiger partial charge < -0.3 is 5.11 Å². The number of aliphatic hydroxyl groups excluding tert-OH is 1. The fourth-order valence-corrected chi connectivity index (χ4v) is 2.90. The Morgan fingerprint density at radius 1 is 1.18 bits per heavy atom. The molecule has 1 heterocycles. The fourth-order valence-electron chi connectivity index (χ4n) is 2.90. The van der Waals surface area contributed by atoms with Crippen molar-refractivity contribution in [3.63, 3.8) is 0 Å². The lowest BCUT2D eigenvalue weighted by atomic mass is 9.85. The molecule has 3 rings (SSSR count). The van der Waals surface area contributed by atoms with Crippen molar-refractivity contribution in [1.29, 1.82) is 0 Å². The standard InChI is InChI=1S/C13H17NO3/c15-8-13(5-6-13)7-14-11(16)9-3-1-2-4-10(9)12(14)17/h1-2,9-10,15H,3-8H2/t9-,10+. The second-order valence-electron chi connectivity index (χ2n) is 5.58. The summed E-state index contributed by atoms with van der Waals surface area (Å²) in [4.78, 5) is 25.7. The Morgan fingerprint density at radius 2 is 1.71 bits per heavy atom. The summed E-state index contributed by atoms with van der Waals surface area (Å²) in [5.74, 6) is -0.322. The molecule has 1 aliphatic heterocycles. The Hall–Kier alpha value is -1.16. The van der Waals surface area contributed by atoms with Crippen LogP contribution in [0.25, 0.3) is 0 Å². The van der Waals surface area contributed by atoms with Gasteiger partial charge in [0.15, 0.2) is 0 Å². The second kappa shape index (κ2) is 3.67. The molecule has 0 aromatic carbocycles. The zero-order valence-corrected chi connectivity index (χ0v) is 9.76. The SMILES string of the molecule is O=C1[C@H]2CC=CC[C@H]2C(=O)N1CC1(CO)CC1. The molecule has 2 amide bonds. The summed E-state index contributed by atoms with van der Waals surface area (Å²) in [5, 5.41) is 9.29. The first-order valence-electron chi connectivity index (χ1n) is 6.28. The van der Waals surface area contributed by atoms with Gasteiger partial charge in [-0.05, 0) is 25.7 Å². The molecule has 92 valence electrons. The quantitative estimate of drug-likeness (QED) is 0.579. The second-order valence-corrected chi connectivity index (χ2v) is 5.58. The van der Waals surface area contributed by atoms with Crippen molar-refractivity contribution >= 4 is 11.8 Å². The van der Waals surface area contributed by atoms with Crippen LogP contribution in [0.15, 0.2) is 12.2 Å². The minimum absolute atomic E-state index is 0.0240. The van der Waals surface area contributed by atoms with E-state index < -0.39 is 0 Å². The summed E-state index contributed by atoms with van der Waals surface area (Å²) in [6.45, 7) is 0.506. The lowest BCUT2D eigenvalue weighted by molar-refractivity contribution is -0.141. The van der Waals surface area contributed by atoms with Crippen LogP contribution in [0, 0.1) is 17.3 Å². The summed E-state index contributed by atoms with van der Waals surface area (Å²) in [7, 11) is 0. The van der Waals surface area contributed by atoms with E-state index in [2.05, 4.69) is 0 Å². The lowest BCUT2D eigenvalue weighted by Crippen LogP contribution is -2.37. The largest absolute Gasteiger partial charge is 0.396 e. The maximum atomic E-state index is 12.2. The first-order chi connectivity index (χ1) is 8.17. The molecule has 4 nitrogen and oxygen atoms in total. The van der Waals surface area contributed by atoms with E-state index in [-0.39, 0.29) is 35.7 Å². The number of hydrogen-bond donors (Lipinski definition) is 1. The molecule has 1 N–H and O–H groups in total. The molecular weight excluding hydrogens is 218 g/mol. The highest BCUT2D eigenvalue weighted by Crippen LogP contribution is 2.47. The molecule has 0 radical (unpaired) electrons. The molecule has 2 aliphatic carbocycles. The third-order valence-electron chi connectivity index (χ3n) is 4.38. The van der Waals surface area contributed by atoms with Gasteiger partial charge >= 0.3 is 0 Å². The minimum Gasteiger partial charge on any atom is -0.396 e. The lowest BCUT2D eigenvalue weighted by Gasteiger charge is -2.20. The van der Waals surface area contributed by atoms with E-state index in [1.54, 1.807) is 0 Å². The van der Waals surface area contributed by atoms with E-state index >= 15 is 0 Å². The maximum absolute atomic E-state index is 12.2. The molecule has 0 aromatic heterocycles. The minimum atomic E-state index is -0.174. The summed E-state index contributed by atoms with van der Waals surface area (Å²) in [6, 6.07) is 0. The molecule has 0 spiro atoms. The first kappa shape index (κ1) is 11.0. The van der Waals surface area contributed by atoms with Crippen molar-refractivity contribution < 1.29 is 14.7 Å². The van der Waals surface area contributed by atoms with E-state index in [0.717, 1.165) is 12.8 Å². The topological polar surface area (TPSA) is 57.6 Å². The van der Waals surface area contributed by atoms with Gasteiger partial charge in [0.1, 0.15) is 0 Å². The average molecular weight is 235 g/mol. The van der Waals surface area contributed by atoms with E-state index in [1.807, 2.05) is 12.2 Å². The fraction of sp³-hybridized carbons (Fsp3) is 0.692. The van der Waals surface area contributed by atoms with Gasteiger partial charge in [0.05, 0.1) is 18.4 Å². The number of amides is 2. The van der Waals surface area contributed by atoms with Crippen LogP contribution in [0.4, 0.5) is 0 Å². The number of aliphatic hydroxyl groups is 1. The van der Waals surface area contributed by atoms with Crippen LogP contribution >= 0.6 is 0 Å². The zero-order valence-electron chi connectivity index (χ0n) is 9.76. The average Bonchev–Trinajstić information content (AvgIpc) is 3.10. The number of hydrogen-bond acceptors (Lipinski definition) is 3. The van der Waals surface area contributed by atoms with Crippen LogP contribution in [0.1, 0.15) is 25.7 Å². The molecule has 4 heteroatoms. The molecular formula is C13H17NO3. The molecule has 17 heavy (non-hydrogen) atoms. The van der Waals surface area contributed by atoms with Crippen LogP contribution < -0.4 is 0 Å². The normalized spacial score (nSPS) is 34.1. The van der Waals surface area contributed by atoms with Gasteiger partial charge in [0.2, 0.25) is 11.8 Å². The Morgan fingerprint density at radius 3 is 2.12 bits per heavy atom.